The smallest absolute Gasteiger partial charge is 0.326 e. The Kier molecular flexibility index (Phi) is 11.6. The number of phenolic OH excluding ortho intramolecular Hbond substituents is 1. The predicted octanol–water partition coefficient (Wildman–Crippen LogP) is -2.21. The molecule has 4 atom stereocenters. The van der Waals surface area contributed by atoms with E-state index in [0.29, 0.717) is 11.1 Å². The van der Waals surface area contributed by atoms with E-state index in [1.165, 1.54) is 24.3 Å². The summed E-state index contributed by atoms with van der Waals surface area (Å²) in [6.07, 6.45) is -1.36. The second kappa shape index (κ2) is 14.8. The molecule has 2 aromatic carbocycles. The molecule has 5 amide bonds. The van der Waals surface area contributed by atoms with E-state index >= 15 is 0 Å². The zero-order chi connectivity index (χ0) is 29.8. The number of benzene rings is 2. The molecule has 0 saturated carbocycles. The molecule has 0 radical (unpaired) electrons. The lowest BCUT2D eigenvalue weighted by molar-refractivity contribution is -0.142. The minimum atomic E-state index is -1.58. The highest BCUT2D eigenvalue weighted by Crippen LogP contribution is 2.12. The third-order valence-corrected chi connectivity index (χ3v) is 5.70. The van der Waals surface area contributed by atoms with E-state index in [1.807, 2.05) is 0 Å². The van der Waals surface area contributed by atoms with Gasteiger partial charge in [-0.2, -0.15) is 0 Å². The van der Waals surface area contributed by atoms with Crippen LogP contribution in [0, 0.1) is 0 Å². The summed E-state index contributed by atoms with van der Waals surface area (Å²) in [6, 6.07) is 8.48. The van der Waals surface area contributed by atoms with Gasteiger partial charge in [-0.1, -0.05) is 42.5 Å². The fraction of sp³-hybridized carbons (Fsp3) is 0.308. The quantitative estimate of drug-likeness (QED) is 0.118. The van der Waals surface area contributed by atoms with Gasteiger partial charge in [0.15, 0.2) is 0 Å². The summed E-state index contributed by atoms with van der Waals surface area (Å²) in [4.78, 5) is 73.4. The summed E-state index contributed by atoms with van der Waals surface area (Å²) >= 11 is 0. The van der Waals surface area contributed by atoms with Crippen LogP contribution in [0.5, 0.6) is 5.75 Å². The number of aliphatic carboxylic acids is 1. The van der Waals surface area contributed by atoms with Gasteiger partial charge in [-0.3, -0.25) is 24.0 Å². The van der Waals surface area contributed by atoms with Gasteiger partial charge >= 0.3 is 5.97 Å². The molecule has 14 heteroatoms. The van der Waals surface area contributed by atoms with Crippen LogP contribution in [0.1, 0.15) is 24.0 Å². The van der Waals surface area contributed by atoms with Crippen LogP contribution in [0.15, 0.2) is 54.6 Å². The lowest BCUT2D eigenvalue weighted by Gasteiger charge is -2.25. The molecule has 14 nitrogen and oxygen atoms in total. The van der Waals surface area contributed by atoms with Gasteiger partial charge in [0, 0.05) is 12.8 Å². The van der Waals surface area contributed by atoms with Crippen molar-refractivity contribution in [3.63, 3.8) is 0 Å². The maximum atomic E-state index is 13.2. The second-order valence-corrected chi connectivity index (χ2v) is 9.03. The van der Waals surface area contributed by atoms with E-state index in [1.54, 1.807) is 30.3 Å². The van der Waals surface area contributed by atoms with E-state index in [2.05, 4.69) is 16.0 Å². The molecule has 2 rings (SSSR count). The number of primary amides is 2. The average molecular weight is 557 g/mol. The second-order valence-electron chi connectivity index (χ2n) is 9.03. The highest BCUT2D eigenvalue weighted by atomic mass is 16.4. The fourth-order valence-corrected chi connectivity index (χ4v) is 3.67. The largest absolute Gasteiger partial charge is 0.508 e. The van der Waals surface area contributed by atoms with Crippen molar-refractivity contribution >= 4 is 35.5 Å². The molecule has 0 fully saturated rings. The SMILES string of the molecule is NC(=O)CC(N)C(=O)NC(Cc1ccccc1)C(=O)NC(CC(N)=O)C(=O)NC(Cc1ccc(O)cc1)C(=O)O. The maximum absolute atomic E-state index is 13.2. The van der Waals surface area contributed by atoms with Crippen molar-refractivity contribution in [3.8, 4) is 5.75 Å². The molecule has 214 valence electrons. The third-order valence-electron chi connectivity index (χ3n) is 5.70. The van der Waals surface area contributed by atoms with Gasteiger partial charge in [0.1, 0.15) is 23.9 Å². The third kappa shape index (κ3) is 10.4. The first-order chi connectivity index (χ1) is 18.8. The summed E-state index contributed by atoms with van der Waals surface area (Å²) in [5, 5.41) is 26.1. The minimum Gasteiger partial charge on any atom is -0.508 e. The first-order valence-electron chi connectivity index (χ1n) is 12.1. The number of hydrogen-bond donors (Lipinski definition) is 8. The first kappa shape index (κ1) is 31.2. The number of aromatic hydroxyl groups is 1. The van der Waals surface area contributed by atoms with Crippen LogP contribution in [0.3, 0.4) is 0 Å². The van der Waals surface area contributed by atoms with E-state index in [-0.39, 0.29) is 18.6 Å². The van der Waals surface area contributed by atoms with Gasteiger partial charge in [0.25, 0.3) is 0 Å². The van der Waals surface area contributed by atoms with Crippen molar-refractivity contribution < 1.29 is 39.0 Å². The van der Waals surface area contributed by atoms with Crippen molar-refractivity contribution in [2.75, 3.05) is 0 Å². The van der Waals surface area contributed by atoms with Gasteiger partial charge in [0.2, 0.25) is 29.5 Å². The summed E-state index contributed by atoms with van der Waals surface area (Å²) < 4.78 is 0. The molecule has 0 heterocycles. The molecular weight excluding hydrogens is 524 g/mol. The van der Waals surface area contributed by atoms with Crippen LogP contribution in [-0.2, 0) is 41.6 Å². The number of nitrogens with two attached hydrogens (primary N) is 3. The fourth-order valence-electron chi connectivity index (χ4n) is 3.67. The lowest BCUT2D eigenvalue weighted by Crippen LogP contribution is -2.58. The molecule has 0 saturated heterocycles. The van der Waals surface area contributed by atoms with Crippen LogP contribution in [-0.4, -0.2) is 69.9 Å². The van der Waals surface area contributed by atoms with Crippen LogP contribution in [0.4, 0.5) is 0 Å². The average Bonchev–Trinajstić information content (AvgIpc) is 2.88. The number of rotatable bonds is 15. The predicted molar refractivity (Wildman–Crippen MR) is 141 cm³/mol. The van der Waals surface area contributed by atoms with Crippen molar-refractivity contribution in [1.82, 2.24) is 16.0 Å². The lowest BCUT2D eigenvalue weighted by atomic mass is 10.0. The Morgan fingerprint density at radius 2 is 1.12 bits per heavy atom. The number of phenols is 1. The van der Waals surface area contributed by atoms with Gasteiger partial charge in [-0.05, 0) is 23.3 Å². The van der Waals surface area contributed by atoms with Gasteiger partial charge in [0.05, 0.1) is 18.9 Å². The van der Waals surface area contributed by atoms with Crippen molar-refractivity contribution in [1.29, 1.82) is 0 Å². The highest BCUT2D eigenvalue weighted by Gasteiger charge is 2.31. The van der Waals surface area contributed by atoms with Gasteiger partial charge in [-0.15, -0.1) is 0 Å². The maximum Gasteiger partial charge on any atom is 0.326 e. The number of carboxylic acids is 1. The molecule has 0 aliphatic rings. The summed E-state index contributed by atoms with van der Waals surface area (Å²) in [5.74, 6) is -5.96. The number of carbonyl (C=O) groups excluding carboxylic acids is 5. The molecule has 11 N–H and O–H groups in total. The first-order valence-corrected chi connectivity index (χ1v) is 12.1. The molecule has 0 aromatic heterocycles. The Labute approximate surface area is 229 Å². The Morgan fingerprint density at radius 1 is 0.650 bits per heavy atom. The number of amides is 5. The summed E-state index contributed by atoms with van der Waals surface area (Å²) in [5.41, 5.74) is 17.2. The van der Waals surface area contributed by atoms with Gasteiger partial charge in [-0.25, -0.2) is 4.79 Å². The van der Waals surface area contributed by atoms with E-state index in [9.17, 15) is 39.0 Å². The topological polar surface area (TPSA) is 257 Å². The summed E-state index contributed by atoms with van der Waals surface area (Å²) in [7, 11) is 0. The Bertz CT molecular complexity index is 1220. The van der Waals surface area contributed by atoms with Gasteiger partial charge < -0.3 is 43.4 Å². The number of carboxylic acid groups (broad SMARTS) is 1. The summed E-state index contributed by atoms with van der Waals surface area (Å²) in [6.45, 7) is 0. The number of nitrogens with one attached hydrogen (secondary N) is 3. The molecule has 40 heavy (non-hydrogen) atoms. The minimum absolute atomic E-state index is 0.0309. The molecule has 0 spiro atoms. The Morgan fingerprint density at radius 3 is 1.68 bits per heavy atom. The van der Waals surface area contributed by atoms with Crippen molar-refractivity contribution in [3.05, 3.63) is 65.7 Å². The van der Waals surface area contributed by atoms with Crippen molar-refractivity contribution in [2.45, 2.75) is 49.9 Å². The van der Waals surface area contributed by atoms with Crippen molar-refractivity contribution in [2.24, 2.45) is 17.2 Å². The standard InChI is InChI=1S/C26H32N6O8/c27-17(12-21(28)34)23(36)30-18(10-14-4-2-1-3-5-14)24(37)31-19(13-22(29)35)25(38)32-20(26(39)40)11-15-6-8-16(33)9-7-15/h1-9,17-20,33H,10-13,27H2,(H2,28,34)(H2,29,35)(H,30,36)(H,31,37)(H,32,38)(H,39,40). The Hall–Kier alpha value is -4.98. The number of hydrogen-bond acceptors (Lipinski definition) is 8. The molecule has 4 unspecified atom stereocenters. The molecule has 2 aromatic rings. The molecule has 0 aliphatic carbocycles. The number of carbonyl (C=O) groups is 6. The normalized spacial score (nSPS) is 13.6. The van der Waals surface area contributed by atoms with Crippen LogP contribution >= 0.6 is 0 Å². The highest BCUT2D eigenvalue weighted by molar-refractivity contribution is 5.96. The Balaban J connectivity index is 2.23. The zero-order valence-corrected chi connectivity index (χ0v) is 21.4. The molecule has 0 aliphatic heterocycles. The van der Waals surface area contributed by atoms with E-state index < -0.39 is 72.5 Å². The van der Waals surface area contributed by atoms with Crippen LogP contribution < -0.4 is 33.2 Å². The van der Waals surface area contributed by atoms with E-state index in [4.69, 9.17) is 17.2 Å². The van der Waals surface area contributed by atoms with Crippen LogP contribution in [0.2, 0.25) is 0 Å². The molecule has 0 bridgehead atoms. The van der Waals surface area contributed by atoms with E-state index in [0.717, 1.165) is 0 Å². The zero-order valence-electron chi connectivity index (χ0n) is 21.4. The van der Waals surface area contributed by atoms with Crippen LogP contribution in [0.25, 0.3) is 0 Å². The molecular formula is C26H32N6O8. The monoisotopic (exact) mass is 556 g/mol.